The largest absolute Gasteiger partial charge is 0.481 e. The molecule has 0 radical (unpaired) electrons. The minimum absolute atomic E-state index is 0.199. The number of carbonyl (C=O) groups excluding carboxylic acids is 1. The van der Waals surface area contributed by atoms with E-state index < -0.39 is 41.8 Å². The fourth-order valence-corrected chi connectivity index (χ4v) is 6.20. The highest BCUT2D eigenvalue weighted by molar-refractivity contribution is 7.99. The summed E-state index contributed by atoms with van der Waals surface area (Å²) in [7, 11) is 0. The minimum atomic E-state index is -1.08. The van der Waals surface area contributed by atoms with Crippen molar-refractivity contribution >= 4 is 23.7 Å². The molecule has 240 valence electrons. The van der Waals surface area contributed by atoms with Gasteiger partial charge in [-0.15, -0.1) is 0 Å². The molecule has 1 heterocycles. The van der Waals surface area contributed by atoms with Gasteiger partial charge in [0.15, 0.2) is 6.10 Å². The van der Waals surface area contributed by atoms with E-state index in [9.17, 15) is 14.7 Å². The van der Waals surface area contributed by atoms with Gasteiger partial charge < -0.3 is 28.8 Å². The molecule has 46 heavy (non-hydrogen) atoms. The summed E-state index contributed by atoms with van der Waals surface area (Å²) in [5, 5.41) is 9.20. The van der Waals surface area contributed by atoms with E-state index in [1.54, 1.807) is 0 Å². The molecule has 0 aromatic heterocycles. The van der Waals surface area contributed by atoms with Crippen LogP contribution >= 0.6 is 11.8 Å². The van der Waals surface area contributed by atoms with E-state index in [-0.39, 0.29) is 32.7 Å². The lowest BCUT2D eigenvalue weighted by Crippen LogP contribution is -2.60. The van der Waals surface area contributed by atoms with Crippen LogP contribution < -0.4 is 0 Å². The molecule has 0 spiro atoms. The van der Waals surface area contributed by atoms with Gasteiger partial charge in [0.1, 0.15) is 23.7 Å². The zero-order valence-corrected chi connectivity index (χ0v) is 26.2. The molecule has 8 nitrogen and oxygen atoms in total. The third kappa shape index (κ3) is 10.3. The Kier molecular flexibility index (Phi) is 12.8. The van der Waals surface area contributed by atoms with Crippen LogP contribution in [0.15, 0.2) is 126 Å². The van der Waals surface area contributed by atoms with Crippen molar-refractivity contribution in [3.8, 4) is 0 Å². The Hall–Kier alpha value is -3.99. The van der Waals surface area contributed by atoms with E-state index in [0.717, 1.165) is 21.6 Å². The number of carbonyl (C=O) groups is 2. The second kappa shape index (κ2) is 17.6. The Labute approximate surface area is 273 Å². The zero-order valence-electron chi connectivity index (χ0n) is 25.4. The van der Waals surface area contributed by atoms with Crippen molar-refractivity contribution < 1.29 is 38.4 Å². The number of benzene rings is 4. The summed E-state index contributed by atoms with van der Waals surface area (Å²) >= 11 is 1.41. The smallest absolute Gasteiger partial charge is 0.306 e. The van der Waals surface area contributed by atoms with E-state index in [0.29, 0.717) is 6.61 Å². The van der Waals surface area contributed by atoms with Crippen molar-refractivity contribution in [1.82, 2.24) is 0 Å². The molecular formula is C37H38O8S. The second-order valence-electron chi connectivity index (χ2n) is 10.8. The Balaban J connectivity index is 1.46. The van der Waals surface area contributed by atoms with Crippen molar-refractivity contribution in [1.29, 1.82) is 0 Å². The summed E-state index contributed by atoms with van der Waals surface area (Å²) in [5.74, 6) is -1.73. The van der Waals surface area contributed by atoms with Crippen LogP contribution in [-0.4, -0.2) is 53.5 Å². The number of ether oxygens (including phenoxy) is 5. The Morgan fingerprint density at radius 3 is 1.67 bits per heavy atom. The molecule has 0 saturated carbocycles. The minimum Gasteiger partial charge on any atom is -0.481 e. The van der Waals surface area contributed by atoms with Gasteiger partial charge in [0, 0.05) is 4.90 Å². The van der Waals surface area contributed by atoms with Crippen molar-refractivity contribution in [2.45, 2.75) is 67.4 Å². The molecule has 4 aromatic carbocycles. The van der Waals surface area contributed by atoms with Crippen molar-refractivity contribution in [3.63, 3.8) is 0 Å². The molecule has 1 aliphatic heterocycles. The number of hydrogen-bond donors (Lipinski definition) is 1. The quantitative estimate of drug-likeness (QED) is 0.134. The molecule has 1 aliphatic rings. The van der Waals surface area contributed by atoms with Gasteiger partial charge in [0.2, 0.25) is 0 Å². The highest BCUT2D eigenvalue weighted by Crippen LogP contribution is 2.38. The van der Waals surface area contributed by atoms with Crippen molar-refractivity contribution in [2.75, 3.05) is 6.61 Å². The number of carboxylic acid groups (broad SMARTS) is 1. The van der Waals surface area contributed by atoms with E-state index >= 15 is 0 Å². The monoisotopic (exact) mass is 642 g/mol. The maximum atomic E-state index is 13.1. The van der Waals surface area contributed by atoms with Crippen LogP contribution in [0.3, 0.4) is 0 Å². The average Bonchev–Trinajstić information content (AvgIpc) is 3.09. The molecule has 1 fully saturated rings. The predicted molar refractivity (Wildman–Crippen MR) is 174 cm³/mol. The van der Waals surface area contributed by atoms with E-state index in [2.05, 4.69) is 0 Å². The molecule has 0 unspecified atom stereocenters. The topological polar surface area (TPSA) is 101 Å². The number of esters is 1. The SMILES string of the molecule is O=C(O)CCC(=O)O[C@H]1[C@@H](OCc2ccccc2)[C@H](OCc2ccccc2)[C@@H](COCc2ccccc2)O[C@@H]1Sc1ccccc1. The lowest BCUT2D eigenvalue weighted by Gasteiger charge is -2.45. The Morgan fingerprint density at radius 1 is 0.630 bits per heavy atom. The first kappa shape index (κ1) is 33.4. The fraction of sp³-hybridized carbons (Fsp3) is 0.297. The zero-order chi connectivity index (χ0) is 32.0. The summed E-state index contributed by atoms with van der Waals surface area (Å²) in [6, 6.07) is 39.1. The van der Waals surface area contributed by atoms with Gasteiger partial charge >= 0.3 is 11.9 Å². The van der Waals surface area contributed by atoms with Crippen LogP contribution in [0.25, 0.3) is 0 Å². The van der Waals surface area contributed by atoms with Gasteiger partial charge in [-0.2, -0.15) is 0 Å². The summed E-state index contributed by atoms with van der Waals surface area (Å²) in [6.45, 7) is 1.09. The van der Waals surface area contributed by atoms with Gasteiger partial charge in [-0.1, -0.05) is 121 Å². The number of aliphatic carboxylic acids is 1. The summed E-state index contributed by atoms with van der Waals surface area (Å²) in [5.41, 5.74) is 2.23. The average molecular weight is 643 g/mol. The lowest BCUT2D eigenvalue weighted by molar-refractivity contribution is -0.249. The number of rotatable bonds is 16. The third-order valence-electron chi connectivity index (χ3n) is 7.36. The van der Waals surface area contributed by atoms with Crippen LogP contribution in [0.2, 0.25) is 0 Å². The van der Waals surface area contributed by atoms with E-state index in [1.807, 2.05) is 121 Å². The van der Waals surface area contributed by atoms with Gasteiger partial charge in [0.05, 0.1) is 39.3 Å². The van der Waals surface area contributed by atoms with Crippen LogP contribution in [-0.2, 0) is 53.1 Å². The summed E-state index contributed by atoms with van der Waals surface area (Å²) < 4.78 is 32.1. The molecular weight excluding hydrogens is 604 g/mol. The number of hydrogen-bond acceptors (Lipinski definition) is 8. The van der Waals surface area contributed by atoms with E-state index in [1.165, 1.54) is 11.8 Å². The van der Waals surface area contributed by atoms with Crippen LogP contribution in [0, 0.1) is 0 Å². The normalized spacial score (nSPS) is 21.0. The standard InChI is InChI=1S/C37H38O8S/c38-32(39)21-22-33(40)45-36-35(43-25-29-17-9-3-10-18-29)34(42-24-28-15-7-2-8-16-28)31(26-41-23-27-13-5-1-6-14-27)44-37(36)46-30-19-11-4-12-20-30/h1-20,31,34-37H,21-26H2,(H,38,39)/t31-,34-,35+,36+,37-/m1/s1. The molecule has 5 atom stereocenters. The summed E-state index contributed by atoms with van der Waals surface area (Å²) in [4.78, 5) is 25.2. The molecule has 0 bridgehead atoms. The molecule has 1 N–H and O–H groups in total. The number of carboxylic acids is 1. The van der Waals surface area contributed by atoms with Gasteiger partial charge in [-0.05, 0) is 28.8 Å². The predicted octanol–water partition coefficient (Wildman–Crippen LogP) is 6.67. The van der Waals surface area contributed by atoms with Crippen LogP contribution in [0.4, 0.5) is 0 Å². The second-order valence-corrected chi connectivity index (χ2v) is 12.0. The Bertz CT molecular complexity index is 1470. The van der Waals surface area contributed by atoms with Crippen LogP contribution in [0.1, 0.15) is 29.5 Å². The maximum Gasteiger partial charge on any atom is 0.306 e. The molecule has 5 rings (SSSR count). The summed E-state index contributed by atoms with van der Waals surface area (Å²) in [6.07, 6.45) is -3.58. The first-order chi connectivity index (χ1) is 22.5. The molecule has 0 amide bonds. The van der Waals surface area contributed by atoms with Crippen molar-refractivity contribution in [2.24, 2.45) is 0 Å². The lowest BCUT2D eigenvalue weighted by atomic mass is 9.98. The molecule has 9 heteroatoms. The first-order valence-electron chi connectivity index (χ1n) is 15.3. The first-order valence-corrected chi connectivity index (χ1v) is 16.1. The highest BCUT2D eigenvalue weighted by atomic mass is 32.2. The third-order valence-corrected chi connectivity index (χ3v) is 8.52. The number of thioether (sulfide) groups is 1. The molecule has 0 aliphatic carbocycles. The van der Waals surface area contributed by atoms with E-state index in [4.69, 9.17) is 23.7 Å². The Morgan fingerprint density at radius 2 is 1.13 bits per heavy atom. The van der Waals surface area contributed by atoms with Gasteiger partial charge in [-0.25, -0.2) is 0 Å². The van der Waals surface area contributed by atoms with Crippen molar-refractivity contribution in [3.05, 3.63) is 138 Å². The van der Waals surface area contributed by atoms with Gasteiger partial charge in [0.25, 0.3) is 0 Å². The fourth-order valence-electron chi connectivity index (χ4n) is 5.08. The van der Waals surface area contributed by atoms with Crippen LogP contribution in [0.5, 0.6) is 0 Å². The molecule has 4 aromatic rings. The molecule has 1 saturated heterocycles. The highest BCUT2D eigenvalue weighted by Gasteiger charge is 2.50. The maximum absolute atomic E-state index is 13.1. The van der Waals surface area contributed by atoms with Gasteiger partial charge in [-0.3, -0.25) is 9.59 Å².